The van der Waals surface area contributed by atoms with E-state index in [2.05, 4.69) is 10.3 Å². The Morgan fingerprint density at radius 3 is 2.80 bits per heavy atom. The van der Waals surface area contributed by atoms with Gasteiger partial charge in [-0.2, -0.15) is 0 Å². The van der Waals surface area contributed by atoms with Gasteiger partial charge in [0.2, 0.25) is 0 Å². The fourth-order valence-electron chi connectivity index (χ4n) is 2.89. The lowest BCUT2D eigenvalue weighted by molar-refractivity contribution is 0.0952. The highest BCUT2D eigenvalue weighted by atomic mass is 35.5. The van der Waals surface area contributed by atoms with Crippen molar-refractivity contribution in [3.8, 4) is 0 Å². The van der Waals surface area contributed by atoms with E-state index in [4.69, 9.17) is 23.2 Å². The molecule has 25 heavy (non-hydrogen) atoms. The van der Waals surface area contributed by atoms with Gasteiger partial charge in [0.25, 0.3) is 11.5 Å². The lowest BCUT2D eigenvalue weighted by Crippen LogP contribution is -2.32. The van der Waals surface area contributed by atoms with Crippen molar-refractivity contribution in [1.82, 2.24) is 10.3 Å². The highest BCUT2D eigenvalue weighted by Crippen LogP contribution is 2.25. The summed E-state index contributed by atoms with van der Waals surface area (Å²) in [6.45, 7) is 0.295. The number of halogens is 2. The highest BCUT2D eigenvalue weighted by molar-refractivity contribution is 6.42. The first-order valence-electron chi connectivity index (χ1n) is 7.98. The van der Waals surface area contributed by atoms with Crippen LogP contribution in [0.2, 0.25) is 10.0 Å². The number of nitrogens with one attached hydrogen (secondary N) is 2. The Morgan fingerprint density at radius 1 is 1.20 bits per heavy atom. The van der Waals surface area contributed by atoms with Crippen LogP contribution in [0.25, 0.3) is 0 Å². The van der Waals surface area contributed by atoms with Crippen molar-refractivity contribution in [1.29, 1.82) is 0 Å². The predicted molar refractivity (Wildman–Crippen MR) is 96.8 cm³/mol. The van der Waals surface area contributed by atoms with Crippen molar-refractivity contribution < 1.29 is 9.59 Å². The molecule has 0 unspecified atom stereocenters. The zero-order chi connectivity index (χ0) is 18.0. The first-order chi connectivity index (χ1) is 12.0. The van der Waals surface area contributed by atoms with Gasteiger partial charge >= 0.3 is 0 Å². The fraction of sp³-hybridized carbons (Fsp3) is 0.278. The van der Waals surface area contributed by atoms with E-state index in [0.717, 1.165) is 5.56 Å². The van der Waals surface area contributed by atoms with Gasteiger partial charge in [-0.25, -0.2) is 0 Å². The van der Waals surface area contributed by atoms with E-state index in [1.54, 1.807) is 12.1 Å². The molecule has 1 heterocycles. The Morgan fingerprint density at radius 2 is 2.00 bits per heavy atom. The largest absolute Gasteiger partial charge is 0.352 e. The lowest BCUT2D eigenvalue weighted by atomic mass is 9.93. The molecule has 0 fully saturated rings. The number of aryl methyl sites for hydroxylation is 1. The van der Waals surface area contributed by atoms with Crippen LogP contribution in [-0.4, -0.2) is 23.2 Å². The molecule has 1 aliphatic carbocycles. The molecule has 1 aromatic heterocycles. The molecule has 0 radical (unpaired) electrons. The molecule has 5 nitrogen and oxygen atoms in total. The summed E-state index contributed by atoms with van der Waals surface area (Å²) in [5.41, 5.74) is 1.33. The fourth-order valence-corrected chi connectivity index (χ4v) is 3.31. The van der Waals surface area contributed by atoms with Crippen molar-refractivity contribution in [2.45, 2.75) is 25.7 Å². The number of amides is 1. The first kappa shape index (κ1) is 17.7. The van der Waals surface area contributed by atoms with Crippen LogP contribution in [0.1, 0.15) is 44.8 Å². The average Bonchev–Trinajstić information content (AvgIpc) is 2.58. The minimum Gasteiger partial charge on any atom is -0.352 e. The van der Waals surface area contributed by atoms with Gasteiger partial charge in [-0.1, -0.05) is 35.3 Å². The summed E-state index contributed by atoms with van der Waals surface area (Å²) in [7, 11) is 0. The molecule has 2 aromatic rings. The number of benzene rings is 1. The van der Waals surface area contributed by atoms with Gasteiger partial charge in [-0.3, -0.25) is 14.4 Å². The lowest BCUT2D eigenvalue weighted by Gasteiger charge is -2.15. The Labute approximate surface area is 154 Å². The van der Waals surface area contributed by atoms with Crippen LogP contribution in [0.4, 0.5) is 0 Å². The summed E-state index contributed by atoms with van der Waals surface area (Å²) in [6.07, 6.45) is 2.28. The molecule has 130 valence electrons. The minimum atomic E-state index is -0.513. The van der Waals surface area contributed by atoms with E-state index in [-0.39, 0.29) is 11.3 Å². The molecule has 3 rings (SSSR count). The number of rotatable bonds is 4. The second-order valence-electron chi connectivity index (χ2n) is 5.90. The average molecular weight is 379 g/mol. The Hall–Kier alpha value is -2.11. The highest BCUT2D eigenvalue weighted by Gasteiger charge is 2.21. The summed E-state index contributed by atoms with van der Waals surface area (Å²) < 4.78 is 0. The molecule has 1 aromatic carbocycles. The molecule has 0 atom stereocenters. The Balaban J connectivity index is 1.71. The van der Waals surface area contributed by atoms with E-state index >= 15 is 0 Å². The summed E-state index contributed by atoms with van der Waals surface area (Å²) in [5, 5.41) is 3.59. The second kappa shape index (κ2) is 7.42. The zero-order valence-electron chi connectivity index (χ0n) is 13.3. The van der Waals surface area contributed by atoms with E-state index in [1.165, 1.54) is 6.07 Å². The van der Waals surface area contributed by atoms with Crippen LogP contribution in [0, 0.1) is 0 Å². The van der Waals surface area contributed by atoms with E-state index in [0.29, 0.717) is 53.5 Å². The monoisotopic (exact) mass is 378 g/mol. The molecule has 0 saturated heterocycles. The van der Waals surface area contributed by atoms with Crippen LogP contribution in [0.5, 0.6) is 0 Å². The maximum atomic E-state index is 12.3. The smallest absolute Gasteiger partial charge is 0.261 e. The maximum absolute atomic E-state index is 12.3. The molecule has 1 amide bonds. The molecule has 0 saturated carbocycles. The van der Waals surface area contributed by atoms with Crippen molar-refractivity contribution in [3.05, 3.63) is 67.0 Å². The molecule has 0 spiro atoms. The summed E-state index contributed by atoms with van der Waals surface area (Å²) in [5.74, 6) is -0.558. The topological polar surface area (TPSA) is 79.0 Å². The predicted octanol–water partition coefficient (Wildman–Crippen LogP) is 3.17. The number of aromatic nitrogens is 1. The van der Waals surface area contributed by atoms with Gasteiger partial charge in [-0.05, 0) is 37.0 Å². The number of hydrogen-bond donors (Lipinski definition) is 2. The zero-order valence-corrected chi connectivity index (χ0v) is 14.8. The summed E-state index contributed by atoms with van der Waals surface area (Å²) >= 11 is 12.1. The first-order valence-corrected chi connectivity index (χ1v) is 8.73. The standard InChI is InChI=1S/C18H16Cl2N2O3/c19-13-4-1-3-10(16(13)20)7-8-21-17(24)12-9-11-14(22-18(12)25)5-2-6-15(11)23/h1,3-4,9H,2,5-8H2,(H,21,24)(H,22,25). The third kappa shape index (κ3) is 3.78. The molecular weight excluding hydrogens is 363 g/mol. The third-order valence-corrected chi connectivity index (χ3v) is 5.07. The number of fused-ring (bicyclic) bond motifs is 1. The van der Waals surface area contributed by atoms with E-state index in [9.17, 15) is 14.4 Å². The van der Waals surface area contributed by atoms with Gasteiger partial charge in [0, 0.05) is 24.2 Å². The van der Waals surface area contributed by atoms with Crippen LogP contribution in [0.15, 0.2) is 29.1 Å². The normalized spacial score (nSPS) is 13.4. The van der Waals surface area contributed by atoms with Gasteiger partial charge < -0.3 is 10.3 Å². The Kier molecular flexibility index (Phi) is 5.25. The van der Waals surface area contributed by atoms with Crippen LogP contribution in [0.3, 0.4) is 0 Å². The van der Waals surface area contributed by atoms with Gasteiger partial charge in [0.15, 0.2) is 5.78 Å². The van der Waals surface area contributed by atoms with Crippen molar-refractivity contribution in [2.24, 2.45) is 0 Å². The van der Waals surface area contributed by atoms with Crippen molar-refractivity contribution in [3.63, 3.8) is 0 Å². The molecular formula is C18H16Cl2N2O3. The summed E-state index contributed by atoms with van der Waals surface area (Å²) in [6, 6.07) is 6.70. The number of H-pyrrole nitrogens is 1. The number of aromatic amines is 1. The van der Waals surface area contributed by atoms with Gasteiger partial charge in [0.05, 0.1) is 10.0 Å². The number of Topliss-reactive ketones (excluding diaryl/α,β-unsaturated/α-hetero) is 1. The minimum absolute atomic E-state index is 0.0442. The SMILES string of the molecule is O=C1CCCc2[nH]c(=O)c(C(=O)NCCc3cccc(Cl)c3Cl)cc21. The number of carbonyl (C=O) groups excluding carboxylic acids is 2. The van der Waals surface area contributed by atoms with E-state index in [1.807, 2.05) is 6.07 Å². The number of hydrogen-bond acceptors (Lipinski definition) is 3. The quantitative estimate of drug-likeness (QED) is 0.857. The van der Waals surface area contributed by atoms with Crippen LogP contribution >= 0.6 is 23.2 Å². The van der Waals surface area contributed by atoms with Crippen LogP contribution < -0.4 is 10.9 Å². The second-order valence-corrected chi connectivity index (χ2v) is 6.69. The van der Waals surface area contributed by atoms with Crippen molar-refractivity contribution >= 4 is 34.9 Å². The molecule has 0 bridgehead atoms. The van der Waals surface area contributed by atoms with E-state index < -0.39 is 11.5 Å². The maximum Gasteiger partial charge on any atom is 0.261 e. The van der Waals surface area contributed by atoms with Gasteiger partial charge in [0.1, 0.15) is 5.56 Å². The number of pyridine rings is 1. The summed E-state index contributed by atoms with van der Waals surface area (Å²) in [4.78, 5) is 39.0. The third-order valence-electron chi connectivity index (χ3n) is 4.21. The molecule has 0 aliphatic heterocycles. The molecule has 1 aliphatic rings. The molecule has 7 heteroatoms. The van der Waals surface area contributed by atoms with Crippen molar-refractivity contribution in [2.75, 3.05) is 6.54 Å². The van der Waals surface area contributed by atoms with Crippen LogP contribution in [-0.2, 0) is 12.8 Å². The Bertz CT molecular complexity index is 906. The number of carbonyl (C=O) groups is 2. The molecule has 2 N–H and O–H groups in total. The van der Waals surface area contributed by atoms with Gasteiger partial charge in [-0.15, -0.1) is 0 Å². The number of ketones is 1.